The van der Waals surface area contributed by atoms with Gasteiger partial charge in [0.2, 0.25) is 0 Å². The SMILES string of the molecule is c1ccc(-c2cccc(-c3nc(-c4ccccc4)nc4c3sc3cc(-c5cccc(-c6ccc7c(c6)c6ccccc6n7-c6ccccc6)c5)ccc34)c2)cc1. The number of hydrogen-bond donors (Lipinski definition) is 0. The number of para-hydroxylation sites is 2. The van der Waals surface area contributed by atoms with Crippen LogP contribution in [0.4, 0.5) is 0 Å². The second-order valence-corrected chi connectivity index (χ2v) is 15.3. The summed E-state index contributed by atoms with van der Waals surface area (Å²) in [6.07, 6.45) is 0. The van der Waals surface area contributed by atoms with Gasteiger partial charge in [-0.3, -0.25) is 0 Å². The Morgan fingerprint density at radius 2 is 0.911 bits per heavy atom. The van der Waals surface area contributed by atoms with Crippen molar-refractivity contribution in [3.05, 3.63) is 200 Å². The average Bonchev–Trinajstić information content (AvgIpc) is 3.82. The third-order valence-corrected chi connectivity index (χ3v) is 12.0. The van der Waals surface area contributed by atoms with Crippen molar-refractivity contribution in [1.82, 2.24) is 14.5 Å². The van der Waals surface area contributed by atoms with Crippen LogP contribution in [0.2, 0.25) is 0 Å². The van der Waals surface area contributed by atoms with Crippen molar-refractivity contribution in [2.45, 2.75) is 0 Å². The molecular formula is C52H33N3S. The van der Waals surface area contributed by atoms with Crippen molar-refractivity contribution >= 4 is 53.4 Å². The minimum absolute atomic E-state index is 0.735. The van der Waals surface area contributed by atoms with Crippen molar-refractivity contribution < 1.29 is 0 Å². The Labute approximate surface area is 328 Å². The fourth-order valence-corrected chi connectivity index (χ4v) is 9.29. The van der Waals surface area contributed by atoms with E-state index in [-0.39, 0.29) is 0 Å². The molecule has 11 aromatic rings. The number of aromatic nitrogens is 3. The van der Waals surface area contributed by atoms with Crippen LogP contribution in [0.1, 0.15) is 0 Å². The van der Waals surface area contributed by atoms with Gasteiger partial charge in [0.05, 0.1) is 26.9 Å². The van der Waals surface area contributed by atoms with Gasteiger partial charge in [0.1, 0.15) is 0 Å². The highest BCUT2D eigenvalue weighted by Gasteiger charge is 2.18. The zero-order chi connectivity index (χ0) is 37.0. The van der Waals surface area contributed by atoms with E-state index in [4.69, 9.17) is 9.97 Å². The summed E-state index contributed by atoms with van der Waals surface area (Å²) in [4.78, 5) is 10.5. The lowest BCUT2D eigenvalue weighted by molar-refractivity contribution is 1.18. The molecule has 3 nitrogen and oxygen atoms in total. The van der Waals surface area contributed by atoms with E-state index in [9.17, 15) is 0 Å². The largest absolute Gasteiger partial charge is 0.309 e. The molecule has 0 atom stereocenters. The van der Waals surface area contributed by atoms with Crippen molar-refractivity contribution in [2.75, 3.05) is 0 Å². The first-order valence-electron chi connectivity index (χ1n) is 18.9. The van der Waals surface area contributed by atoms with E-state index < -0.39 is 0 Å². The first-order chi connectivity index (χ1) is 27.7. The van der Waals surface area contributed by atoms with Crippen LogP contribution in [-0.4, -0.2) is 14.5 Å². The highest BCUT2D eigenvalue weighted by Crippen LogP contribution is 2.42. The second kappa shape index (κ2) is 13.3. The first kappa shape index (κ1) is 32.3. The molecule has 0 fully saturated rings. The van der Waals surface area contributed by atoms with Gasteiger partial charge in [-0.1, -0.05) is 152 Å². The Balaban J connectivity index is 1.03. The van der Waals surface area contributed by atoms with Gasteiger partial charge >= 0.3 is 0 Å². The average molecular weight is 732 g/mol. The van der Waals surface area contributed by atoms with E-state index >= 15 is 0 Å². The Morgan fingerprint density at radius 3 is 1.68 bits per heavy atom. The Kier molecular flexibility index (Phi) is 7.68. The standard InChI is InChI=1S/C52H33N3S/c1-4-14-34(15-5-1)36-18-13-21-41(31-36)49-51-50(54-52(53-49)35-16-6-2-7-17-35)44-28-26-40(33-48(44)56-51)38-20-12-19-37(30-38)39-27-29-47-45(32-39)43-24-10-11-25-46(43)55(47)42-22-8-3-9-23-42/h1-33H. The summed E-state index contributed by atoms with van der Waals surface area (Å²) in [6.45, 7) is 0. The second-order valence-electron chi connectivity index (χ2n) is 14.2. The van der Waals surface area contributed by atoms with E-state index in [2.05, 4.69) is 187 Å². The fraction of sp³-hybridized carbons (Fsp3) is 0. The molecule has 0 spiro atoms. The predicted octanol–water partition coefficient (Wildman–Crippen LogP) is 14.3. The summed E-state index contributed by atoms with van der Waals surface area (Å²) < 4.78 is 4.65. The van der Waals surface area contributed by atoms with Crippen LogP contribution < -0.4 is 0 Å². The molecule has 0 radical (unpaired) electrons. The molecule has 0 aliphatic carbocycles. The number of benzene rings is 8. The van der Waals surface area contributed by atoms with Gasteiger partial charge in [0.25, 0.3) is 0 Å². The lowest BCUT2D eigenvalue weighted by atomic mass is 9.97. The third-order valence-electron chi connectivity index (χ3n) is 10.8. The maximum absolute atomic E-state index is 5.25. The lowest BCUT2D eigenvalue weighted by Crippen LogP contribution is -1.93. The van der Waals surface area contributed by atoms with E-state index in [0.717, 1.165) is 38.2 Å². The smallest absolute Gasteiger partial charge is 0.160 e. The molecule has 4 heteroatoms. The van der Waals surface area contributed by atoms with E-state index in [1.807, 2.05) is 18.2 Å². The monoisotopic (exact) mass is 731 g/mol. The third kappa shape index (κ3) is 5.50. The zero-order valence-corrected chi connectivity index (χ0v) is 31.1. The van der Waals surface area contributed by atoms with Gasteiger partial charge in [-0.05, 0) is 81.9 Å². The summed E-state index contributed by atoms with van der Waals surface area (Å²) in [5.41, 5.74) is 14.7. The number of hydrogen-bond acceptors (Lipinski definition) is 3. The molecule has 0 N–H and O–H groups in total. The van der Waals surface area contributed by atoms with Crippen molar-refractivity contribution in [2.24, 2.45) is 0 Å². The summed E-state index contributed by atoms with van der Waals surface area (Å²) >= 11 is 1.77. The number of thiophene rings is 1. The summed E-state index contributed by atoms with van der Waals surface area (Å²) in [5.74, 6) is 0.735. The fourth-order valence-electron chi connectivity index (χ4n) is 8.10. The van der Waals surface area contributed by atoms with Crippen molar-refractivity contribution in [3.8, 4) is 61.7 Å². The molecule has 3 aromatic heterocycles. The quantitative estimate of drug-likeness (QED) is 0.170. The minimum Gasteiger partial charge on any atom is -0.309 e. The first-order valence-corrected chi connectivity index (χ1v) is 19.7. The van der Waals surface area contributed by atoms with Gasteiger partial charge in [-0.2, -0.15) is 0 Å². The van der Waals surface area contributed by atoms with Crippen LogP contribution in [0, 0.1) is 0 Å². The highest BCUT2D eigenvalue weighted by atomic mass is 32.1. The molecule has 8 aromatic carbocycles. The molecule has 0 saturated heterocycles. The molecule has 11 rings (SSSR count). The Hall–Kier alpha value is -7.14. The predicted molar refractivity (Wildman–Crippen MR) is 236 cm³/mol. The number of nitrogens with zero attached hydrogens (tertiary/aromatic N) is 3. The molecular weight excluding hydrogens is 699 g/mol. The lowest BCUT2D eigenvalue weighted by Gasteiger charge is -2.09. The van der Waals surface area contributed by atoms with Crippen molar-refractivity contribution in [1.29, 1.82) is 0 Å². The van der Waals surface area contributed by atoms with Crippen LogP contribution in [0.3, 0.4) is 0 Å². The van der Waals surface area contributed by atoms with Crippen LogP contribution in [-0.2, 0) is 0 Å². The van der Waals surface area contributed by atoms with Gasteiger partial charge in [0.15, 0.2) is 5.82 Å². The zero-order valence-electron chi connectivity index (χ0n) is 30.3. The number of fused-ring (bicyclic) bond motifs is 6. The van der Waals surface area contributed by atoms with Gasteiger partial charge in [-0.15, -0.1) is 11.3 Å². The maximum Gasteiger partial charge on any atom is 0.160 e. The molecule has 0 bridgehead atoms. The van der Waals surface area contributed by atoms with Gasteiger partial charge in [-0.25, -0.2) is 9.97 Å². The molecule has 262 valence electrons. The molecule has 3 heterocycles. The van der Waals surface area contributed by atoms with E-state index in [1.54, 1.807) is 11.3 Å². The topological polar surface area (TPSA) is 30.7 Å². The maximum atomic E-state index is 5.25. The molecule has 0 saturated carbocycles. The number of rotatable bonds is 6. The minimum atomic E-state index is 0.735. The van der Waals surface area contributed by atoms with Crippen LogP contribution in [0.15, 0.2) is 200 Å². The van der Waals surface area contributed by atoms with Crippen LogP contribution in [0.25, 0.3) is 104 Å². The molecule has 0 aliphatic heterocycles. The van der Waals surface area contributed by atoms with Crippen molar-refractivity contribution in [3.63, 3.8) is 0 Å². The summed E-state index contributed by atoms with van der Waals surface area (Å²) in [6, 6.07) is 71.5. The summed E-state index contributed by atoms with van der Waals surface area (Å²) in [5, 5.41) is 3.65. The molecule has 0 unspecified atom stereocenters. The Morgan fingerprint density at radius 1 is 0.357 bits per heavy atom. The van der Waals surface area contributed by atoms with Crippen LogP contribution >= 0.6 is 11.3 Å². The molecule has 0 aliphatic rings. The van der Waals surface area contributed by atoms with Gasteiger partial charge in [0, 0.05) is 37.7 Å². The van der Waals surface area contributed by atoms with E-state index in [1.165, 1.54) is 65.6 Å². The molecule has 0 amide bonds. The molecule has 56 heavy (non-hydrogen) atoms. The van der Waals surface area contributed by atoms with Gasteiger partial charge < -0.3 is 4.57 Å². The normalized spacial score (nSPS) is 11.6. The Bertz CT molecular complexity index is 3240. The highest BCUT2D eigenvalue weighted by molar-refractivity contribution is 7.26. The van der Waals surface area contributed by atoms with Crippen LogP contribution in [0.5, 0.6) is 0 Å². The summed E-state index contributed by atoms with van der Waals surface area (Å²) in [7, 11) is 0. The van der Waals surface area contributed by atoms with E-state index in [0.29, 0.717) is 0 Å².